The molecule has 2 heterocycles. The topological polar surface area (TPSA) is 78.1 Å². The van der Waals surface area contributed by atoms with Gasteiger partial charge in [-0.1, -0.05) is 12.1 Å². The fourth-order valence-corrected chi connectivity index (χ4v) is 3.81. The minimum Gasteiger partial charge on any atom is -0.335 e. The normalized spacial score (nSPS) is 17.8. The molecule has 2 N–H and O–H groups in total. The van der Waals surface area contributed by atoms with Gasteiger partial charge in [0, 0.05) is 37.1 Å². The molecule has 6 nitrogen and oxygen atoms in total. The molecule has 0 spiro atoms. The van der Waals surface area contributed by atoms with Gasteiger partial charge in [-0.25, -0.2) is 4.98 Å². The van der Waals surface area contributed by atoms with Crippen molar-refractivity contribution in [3.05, 3.63) is 40.4 Å². The fourth-order valence-electron chi connectivity index (χ4n) is 2.86. The first kappa shape index (κ1) is 17.0. The van der Waals surface area contributed by atoms with Crippen LogP contribution in [-0.2, 0) is 11.3 Å². The second-order valence-electron chi connectivity index (χ2n) is 5.87. The van der Waals surface area contributed by atoms with Gasteiger partial charge in [-0.05, 0) is 19.1 Å². The zero-order valence-corrected chi connectivity index (χ0v) is 14.6. The lowest BCUT2D eigenvalue weighted by molar-refractivity contribution is -0.132. The first-order chi connectivity index (χ1) is 11.7. The number of carbonyl (C=O) groups excluding carboxylic acids is 1. The van der Waals surface area contributed by atoms with Gasteiger partial charge in [0.2, 0.25) is 5.91 Å². The maximum Gasteiger partial charge on any atom is 0.258 e. The van der Waals surface area contributed by atoms with Crippen molar-refractivity contribution in [2.45, 2.75) is 25.9 Å². The molecule has 0 saturated carbocycles. The summed E-state index contributed by atoms with van der Waals surface area (Å²) in [4.78, 5) is 33.7. The SMILES string of the molecule is CCN(Cc1nc2ccccc2c(=O)[nH]1)C(=O)CC1CSCCN1. The lowest BCUT2D eigenvalue weighted by Gasteiger charge is -2.26. The van der Waals surface area contributed by atoms with Gasteiger partial charge in [-0.3, -0.25) is 9.59 Å². The Balaban J connectivity index is 1.72. The summed E-state index contributed by atoms with van der Waals surface area (Å²) in [5, 5.41) is 3.95. The number of nitrogens with one attached hydrogen (secondary N) is 2. The number of thioether (sulfide) groups is 1. The van der Waals surface area contributed by atoms with E-state index in [1.165, 1.54) is 0 Å². The van der Waals surface area contributed by atoms with Crippen molar-refractivity contribution in [1.29, 1.82) is 0 Å². The highest BCUT2D eigenvalue weighted by molar-refractivity contribution is 7.99. The average molecular weight is 346 g/mol. The average Bonchev–Trinajstić information content (AvgIpc) is 2.60. The largest absolute Gasteiger partial charge is 0.335 e. The maximum atomic E-state index is 12.6. The highest BCUT2D eigenvalue weighted by Gasteiger charge is 2.21. The van der Waals surface area contributed by atoms with E-state index in [1.807, 2.05) is 36.9 Å². The van der Waals surface area contributed by atoms with Crippen LogP contribution < -0.4 is 10.9 Å². The van der Waals surface area contributed by atoms with Crippen molar-refractivity contribution in [3.8, 4) is 0 Å². The second-order valence-corrected chi connectivity index (χ2v) is 7.02. The smallest absolute Gasteiger partial charge is 0.258 e. The molecule has 1 aromatic carbocycles. The van der Waals surface area contributed by atoms with E-state index in [1.54, 1.807) is 11.0 Å². The number of carbonyl (C=O) groups is 1. The highest BCUT2D eigenvalue weighted by Crippen LogP contribution is 2.13. The Hall–Kier alpha value is -1.86. The quantitative estimate of drug-likeness (QED) is 0.855. The first-order valence-corrected chi connectivity index (χ1v) is 9.39. The molecule has 1 saturated heterocycles. The van der Waals surface area contributed by atoms with Crippen LogP contribution in [0.2, 0.25) is 0 Å². The van der Waals surface area contributed by atoms with Crippen LogP contribution in [0.4, 0.5) is 0 Å². The molecule has 1 aliphatic heterocycles. The Labute approximate surface area is 145 Å². The van der Waals surface area contributed by atoms with Crippen molar-refractivity contribution in [3.63, 3.8) is 0 Å². The molecule has 1 amide bonds. The van der Waals surface area contributed by atoms with Crippen LogP contribution in [-0.4, -0.2) is 51.4 Å². The number of benzene rings is 1. The Kier molecular flexibility index (Phi) is 5.52. The summed E-state index contributed by atoms with van der Waals surface area (Å²) in [6.45, 7) is 3.82. The van der Waals surface area contributed by atoms with E-state index < -0.39 is 0 Å². The third kappa shape index (κ3) is 3.96. The molecule has 0 aliphatic carbocycles. The minimum absolute atomic E-state index is 0.0910. The summed E-state index contributed by atoms with van der Waals surface area (Å²) in [6, 6.07) is 7.47. The Bertz CT molecular complexity index is 771. The van der Waals surface area contributed by atoms with Gasteiger partial charge in [0.15, 0.2) is 0 Å². The number of aromatic amines is 1. The van der Waals surface area contributed by atoms with Crippen LogP contribution in [0.5, 0.6) is 0 Å². The molecule has 0 bridgehead atoms. The number of para-hydroxylation sites is 1. The lowest BCUT2D eigenvalue weighted by atomic mass is 10.2. The number of rotatable bonds is 5. The molecule has 1 aliphatic rings. The molecule has 1 atom stereocenters. The van der Waals surface area contributed by atoms with E-state index in [4.69, 9.17) is 0 Å². The number of H-pyrrole nitrogens is 1. The van der Waals surface area contributed by atoms with Gasteiger partial charge >= 0.3 is 0 Å². The van der Waals surface area contributed by atoms with Gasteiger partial charge < -0.3 is 15.2 Å². The number of fused-ring (bicyclic) bond motifs is 1. The summed E-state index contributed by atoms with van der Waals surface area (Å²) in [6.07, 6.45) is 0.485. The van der Waals surface area contributed by atoms with Crippen molar-refractivity contribution in [2.75, 3.05) is 24.6 Å². The molecule has 128 valence electrons. The third-order valence-corrected chi connectivity index (χ3v) is 5.29. The molecule has 7 heteroatoms. The number of hydrogen-bond donors (Lipinski definition) is 2. The molecule has 0 radical (unpaired) electrons. The molecule has 3 rings (SSSR count). The summed E-state index contributed by atoms with van der Waals surface area (Å²) < 4.78 is 0. The standard InChI is InChI=1S/C17H22N4O2S/c1-2-21(16(22)9-12-11-24-8-7-18-12)10-15-19-14-6-4-3-5-13(14)17(23)20-15/h3-6,12,18H,2,7-11H2,1H3,(H,19,20,23). The molecule has 1 aromatic heterocycles. The van der Waals surface area contributed by atoms with E-state index in [-0.39, 0.29) is 17.5 Å². The Morgan fingerprint density at radius 2 is 2.25 bits per heavy atom. The number of hydrogen-bond acceptors (Lipinski definition) is 5. The zero-order valence-electron chi connectivity index (χ0n) is 13.7. The monoisotopic (exact) mass is 346 g/mol. The minimum atomic E-state index is -0.163. The Morgan fingerprint density at radius 1 is 1.42 bits per heavy atom. The van der Waals surface area contributed by atoms with Gasteiger partial charge in [0.1, 0.15) is 5.82 Å². The summed E-state index contributed by atoms with van der Waals surface area (Å²) in [5.74, 6) is 2.69. The van der Waals surface area contributed by atoms with Gasteiger partial charge in [-0.2, -0.15) is 11.8 Å². The van der Waals surface area contributed by atoms with Gasteiger partial charge in [-0.15, -0.1) is 0 Å². The van der Waals surface area contributed by atoms with Gasteiger partial charge in [0.25, 0.3) is 5.56 Å². The number of amides is 1. The van der Waals surface area contributed by atoms with E-state index in [2.05, 4.69) is 15.3 Å². The van der Waals surface area contributed by atoms with Crippen LogP contribution >= 0.6 is 11.8 Å². The summed E-state index contributed by atoms with van der Waals surface area (Å²) in [7, 11) is 0. The van der Waals surface area contributed by atoms with Crippen molar-refractivity contribution in [2.24, 2.45) is 0 Å². The predicted octanol–water partition coefficient (Wildman–Crippen LogP) is 1.37. The number of aromatic nitrogens is 2. The molecule has 1 unspecified atom stereocenters. The predicted molar refractivity (Wildman–Crippen MR) is 97.2 cm³/mol. The van der Waals surface area contributed by atoms with Crippen molar-refractivity contribution < 1.29 is 4.79 Å². The Morgan fingerprint density at radius 3 is 3.00 bits per heavy atom. The molecule has 1 fully saturated rings. The van der Waals surface area contributed by atoms with Crippen LogP contribution in [0.15, 0.2) is 29.1 Å². The van der Waals surface area contributed by atoms with E-state index in [0.29, 0.717) is 36.2 Å². The summed E-state index contributed by atoms with van der Waals surface area (Å²) in [5.41, 5.74) is 0.495. The van der Waals surface area contributed by atoms with E-state index >= 15 is 0 Å². The molecular weight excluding hydrogens is 324 g/mol. The van der Waals surface area contributed by atoms with Crippen molar-refractivity contribution >= 4 is 28.6 Å². The van der Waals surface area contributed by atoms with Crippen LogP contribution in [0.3, 0.4) is 0 Å². The highest BCUT2D eigenvalue weighted by atomic mass is 32.2. The van der Waals surface area contributed by atoms with Crippen LogP contribution in [0.25, 0.3) is 10.9 Å². The van der Waals surface area contributed by atoms with Crippen molar-refractivity contribution in [1.82, 2.24) is 20.2 Å². The zero-order chi connectivity index (χ0) is 16.9. The van der Waals surface area contributed by atoms with Crippen LogP contribution in [0.1, 0.15) is 19.2 Å². The maximum absolute atomic E-state index is 12.6. The summed E-state index contributed by atoms with van der Waals surface area (Å²) >= 11 is 1.88. The van der Waals surface area contributed by atoms with Gasteiger partial charge in [0.05, 0.1) is 17.4 Å². The third-order valence-electron chi connectivity index (χ3n) is 4.16. The number of nitrogens with zero attached hydrogens (tertiary/aromatic N) is 2. The fraction of sp³-hybridized carbons (Fsp3) is 0.471. The second kappa shape index (κ2) is 7.81. The lowest BCUT2D eigenvalue weighted by Crippen LogP contribution is -2.42. The molecular formula is C17H22N4O2S. The first-order valence-electron chi connectivity index (χ1n) is 8.24. The molecule has 24 heavy (non-hydrogen) atoms. The van der Waals surface area contributed by atoms with E-state index in [0.717, 1.165) is 18.1 Å². The van der Waals surface area contributed by atoms with E-state index in [9.17, 15) is 9.59 Å². The van der Waals surface area contributed by atoms with Crippen LogP contribution in [0, 0.1) is 0 Å². The molecule has 2 aromatic rings.